The van der Waals surface area contributed by atoms with E-state index in [0.29, 0.717) is 10.7 Å². The normalized spacial score (nSPS) is 14.2. The third-order valence-corrected chi connectivity index (χ3v) is 6.20. The van der Waals surface area contributed by atoms with E-state index in [4.69, 9.17) is 22.3 Å². The van der Waals surface area contributed by atoms with Crippen molar-refractivity contribution in [3.8, 4) is 23.0 Å². The highest BCUT2D eigenvalue weighted by Crippen LogP contribution is 2.24. The van der Waals surface area contributed by atoms with Crippen LogP contribution in [-0.2, 0) is 4.79 Å². The van der Waals surface area contributed by atoms with Gasteiger partial charge < -0.3 is 15.6 Å². The summed E-state index contributed by atoms with van der Waals surface area (Å²) in [5.74, 6) is 6.87. The highest BCUT2D eigenvalue weighted by atomic mass is 35.5. The summed E-state index contributed by atoms with van der Waals surface area (Å²) in [6.07, 6.45) is 3.33. The highest BCUT2D eigenvalue weighted by molar-refractivity contribution is 6.30. The molecule has 0 unspecified atom stereocenters. The van der Waals surface area contributed by atoms with E-state index in [0.717, 1.165) is 59.6 Å². The van der Waals surface area contributed by atoms with Crippen LogP contribution in [0, 0.1) is 17.8 Å². The predicted molar refractivity (Wildman–Crippen MR) is 131 cm³/mol. The standard InChI is InChI=1S/C26H22ClN5O/c27-21-6-3-18(4-7-21)20-5-9-22(29-16-20)8-1-17-2-10-23-24(15-17)31-26(30-23)32-13-11-19(12-14-32)25(28)33/h2-7,9-10,15-16,19H,11-14H2,(H2,28,33)(H,30,31). The third-order valence-electron chi connectivity index (χ3n) is 5.94. The fourth-order valence-electron chi connectivity index (χ4n) is 4.01. The van der Waals surface area contributed by atoms with Crippen LogP contribution >= 0.6 is 11.6 Å². The first-order chi connectivity index (χ1) is 16.0. The van der Waals surface area contributed by atoms with Crippen molar-refractivity contribution in [3.63, 3.8) is 0 Å². The summed E-state index contributed by atoms with van der Waals surface area (Å²) in [7, 11) is 0. The Balaban J connectivity index is 1.30. The number of nitrogens with one attached hydrogen (secondary N) is 1. The zero-order valence-electron chi connectivity index (χ0n) is 17.9. The van der Waals surface area contributed by atoms with Crippen LogP contribution < -0.4 is 10.6 Å². The van der Waals surface area contributed by atoms with Gasteiger partial charge in [0.25, 0.3) is 0 Å². The van der Waals surface area contributed by atoms with Crippen LogP contribution in [0.5, 0.6) is 0 Å². The van der Waals surface area contributed by atoms with Crippen LogP contribution in [-0.4, -0.2) is 33.9 Å². The van der Waals surface area contributed by atoms with Crippen molar-refractivity contribution >= 4 is 34.5 Å². The summed E-state index contributed by atoms with van der Waals surface area (Å²) in [6.45, 7) is 1.52. The molecule has 0 atom stereocenters. The summed E-state index contributed by atoms with van der Waals surface area (Å²) >= 11 is 5.96. The first kappa shape index (κ1) is 21.0. The van der Waals surface area contributed by atoms with Crippen molar-refractivity contribution in [1.29, 1.82) is 0 Å². The van der Waals surface area contributed by atoms with Gasteiger partial charge in [-0.2, -0.15) is 0 Å². The average Bonchev–Trinajstić information content (AvgIpc) is 3.27. The van der Waals surface area contributed by atoms with Crippen molar-refractivity contribution in [2.75, 3.05) is 18.0 Å². The minimum Gasteiger partial charge on any atom is -0.369 e. The number of carbonyl (C=O) groups excluding carboxylic acids is 1. The summed E-state index contributed by atoms with van der Waals surface area (Å²) in [6, 6.07) is 17.5. The zero-order valence-corrected chi connectivity index (χ0v) is 18.6. The van der Waals surface area contributed by atoms with Crippen LogP contribution in [0.1, 0.15) is 24.1 Å². The number of carbonyl (C=O) groups is 1. The van der Waals surface area contributed by atoms with Crippen LogP contribution in [0.2, 0.25) is 5.02 Å². The van der Waals surface area contributed by atoms with Crippen molar-refractivity contribution in [3.05, 3.63) is 77.1 Å². The number of primary amides is 1. The quantitative estimate of drug-likeness (QED) is 0.449. The van der Waals surface area contributed by atoms with Gasteiger partial charge >= 0.3 is 0 Å². The third kappa shape index (κ3) is 4.69. The Morgan fingerprint density at radius 1 is 1.03 bits per heavy atom. The molecule has 7 heteroatoms. The van der Waals surface area contributed by atoms with Gasteiger partial charge in [0.05, 0.1) is 11.0 Å². The lowest BCUT2D eigenvalue weighted by Crippen LogP contribution is -2.39. The summed E-state index contributed by atoms with van der Waals surface area (Å²) in [5, 5.41) is 0.711. The van der Waals surface area contributed by atoms with Crippen molar-refractivity contribution in [2.45, 2.75) is 12.8 Å². The Morgan fingerprint density at radius 2 is 1.79 bits per heavy atom. The van der Waals surface area contributed by atoms with Crippen LogP contribution in [0.25, 0.3) is 22.2 Å². The fraction of sp³-hybridized carbons (Fsp3) is 0.192. The molecular weight excluding hydrogens is 434 g/mol. The number of H-pyrrole nitrogens is 1. The molecule has 2 aromatic heterocycles. The first-order valence-corrected chi connectivity index (χ1v) is 11.2. The molecule has 1 fully saturated rings. The molecule has 0 bridgehead atoms. The Morgan fingerprint density at radius 3 is 2.48 bits per heavy atom. The number of fused-ring (bicyclic) bond motifs is 1. The fourth-order valence-corrected chi connectivity index (χ4v) is 4.14. The van der Waals surface area contributed by atoms with Crippen LogP contribution in [0.4, 0.5) is 5.95 Å². The molecule has 3 N–H and O–H groups in total. The van der Waals surface area contributed by atoms with Crippen molar-refractivity contribution < 1.29 is 4.79 Å². The van der Waals surface area contributed by atoms with Crippen LogP contribution in [0.15, 0.2) is 60.8 Å². The lowest BCUT2D eigenvalue weighted by molar-refractivity contribution is -0.122. The van der Waals surface area contributed by atoms with Gasteiger partial charge in [-0.3, -0.25) is 4.79 Å². The lowest BCUT2D eigenvalue weighted by atomic mass is 9.97. The molecule has 0 aliphatic carbocycles. The number of nitrogens with zero attached hydrogens (tertiary/aromatic N) is 3. The van der Waals surface area contributed by atoms with Gasteiger partial charge in [0.2, 0.25) is 11.9 Å². The van der Waals surface area contributed by atoms with E-state index in [1.54, 1.807) is 0 Å². The molecule has 1 aliphatic rings. The maximum atomic E-state index is 11.4. The minimum absolute atomic E-state index is 0.0404. The number of imidazole rings is 1. The molecule has 3 heterocycles. The van der Waals surface area contributed by atoms with E-state index in [1.165, 1.54) is 0 Å². The molecule has 5 rings (SSSR count). The molecule has 1 aliphatic heterocycles. The monoisotopic (exact) mass is 455 g/mol. The number of hydrogen-bond acceptors (Lipinski definition) is 4. The molecule has 0 spiro atoms. The van der Waals surface area contributed by atoms with Gasteiger partial charge in [-0.1, -0.05) is 35.7 Å². The number of benzene rings is 2. The number of aromatic amines is 1. The van der Waals surface area contributed by atoms with E-state index in [9.17, 15) is 4.79 Å². The van der Waals surface area contributed by atoms with Gasteiger partial charge in [-0.25, -0.2) is 9.97 Å². The molecule has 164 valence electrons. The number of halogens is 1. The van der Waals surface area contributed by atoms with Gasteiger partial charge in [0.1, 0.15) is 5.69 Å². The van der Waals surface area contributed by atoms with E-state index >= 15 is 0 Å². The average molecular weight is 456 g/mol. The Kier molecular flexibility index (Phi) is 5.72. The minimum atomic E-state index is -0.211. The smallest absolute Gasteiger partial charge is 0.220 e. The number of amides is 1. The molecule has 2 aromatic carbocycles. The van der Waals surface area contributed by atoms with Gasteiger partial charge in [0.15, 0.2) is 0 Å². The summed E-state index contributed by atoms with van der Waals surface area (Å²) in [5.41, 5.74) is 10.9. The second kappa shape index (κ2) is 8.97. The second-order valence-corrected chi connectivity index (χ2v) is 8.58. The number of hydrogen-bond donors (Lipinski definition) is 2. The lowest BCUT2D eigenvalue weighted by Gasteiger charge is -2.30. The molecule has 33 heavy (non-hydrogen) atoms. The van der Waals surface area contributed by atoms with E-state index < -0.39 is 0 Å². The number of anilines is 1. The number of rotatable bonds is 3. The molecular formula is C26H22ClN5O. The van der Waals surface area contributed by atoms with Gasteiger partial charge in [0, 0.05) is 41.4 Å². The Bertz CT molecular complexity index is 1360. The maximum Gasteiger partial charge on any atom is 0.220 e. The Labute approximate surface area is 196 Å². The summed E-state index contributed by atoms with van der Waals surface area (Å²) in [4.78, 5) is 26.1. The number of nitrogens with two attached hydrogens (primary N) is 1. The molecule has 0 saturated carbocycles. The van der Waals surface area contributed by atoms with Crippen molar-refractivity contribution in [2.24, 2.45) is 11.7 Å². The molecule has 1 amide bonds. The SMILES string of the molecule is NC(=O)C1CCN(c2nc3cc(C#Cc4ccc(-c5ccc(Cl)cc5)cn4)ccc3[nH]2)CC1. The maximum absolute atomic E-state index is 11.4. The molecule has 1 saturated heterocycles. The number of piperidine rings is 1. The van der Waals surface area contributed by atoms with Crippen molar-refractivity contribution in [1.82, 2.24) is 15.0 Å². The first-order valence-electron chi connectivity index (χ1n) is 10.8. The number of pyridine rings is 1. The van der Waals surface area contributed by atoms with Gasteiger partial charge in [-0.05, 0) is 60.7 Å². The Hall–Kier alpha value is -3.82. The highest BCUT2D eigenvalue weighted by Gasteiger charge is 2.24. The predicted octanol–water partition coefficient (Wildman–Crippen LogP) is 4.38. The summed E-state index contributed by atoms with van der Waals surface area (Å²) < 4.78 is 0. The molecule has 6 nitrogen and oxygen atoms in total. The van der Waals surface area contributed by atoms with Gasteiger partial charge in [-0.15, -0.1) is 0 Å². The van der Waals surface area contributed by atoms with E-state index in [1.807, 2.05) is 60.8 Å². The topological polar surface area (TPSA) is 87.9 Å². The number of aromatic nitrogens is 3. The molecule has 4 aromatic rings. The zero-order chi connectivity index (χ0) is 22.8. The van der Waals surface area contributed by atoms with E-state index in [2.05, 4.69) is 26.7 Å². The largest absolute Gasteiger partial charge is 0.369 e. The van der Waals surface area contributed by atoms with E-state index in [-0.39, 0.29) is 11.8 Å². The molecule has 0 radical (unpaired) electrons. The van der Waals surface area contributed by atoms with Crippen LogP contribution in [0.3, 0.4) is 0 Å². The second-order valence-electron chi connectivity index (χ2n) is 8.15.